The van der Waals surface area contributed by atoms with Crippen molar-refractivity contribution < 1.29 is 31.1 Å². The number of ether oxygens (including phenoxy) is 1. The van der Waals surface area contributed by atoms with E-state index in [1.807, 2.05) is 6.92 Å². The molecule has 3 rings (SSSR count). The van der Waals surface area contributed by atoms with Gasteiger partial charge in [-0.1, -0.05) is 11.6 Å². The highest BCUT2D eigenvalue weighted by molar-refractivity contribution is 7.91. The minimum atomic E-state index is -4.42. The molecule has 1 heterocycles. The summed E-state index contributed by atoms with van der Waals surface area (Å²) < 4.78 is 70.3. The summed E-state index contributed by atoms with van der Waals surface area (Å²) in [4.78, 5) is 13.1. The Balaban J connectivity index is 1.83. The van der Waals surface area contributed by atoms with Gasteiger partial charge in [-0.25, -0.2) is 8.42 Å². The molecule has 1 aliphatic carbocycles. The third-order valence-electron chi connectivity index (χ3n) is 6.83. The molecule has 1 saturated carbocycles. The minimum Gasteiger partial charge on any atom is -0.490 e. The van der Waals surface area contributed by atoms with Gasteiger partial charge in [0.1, 0.15) is 21.6 Å². The lowest BCUT2D eigenvalue weighted by molar-refractivity contribution is -0.138. The lowest BCUT2D eigenvalue weighted by Crippen LogP contribution is -2.34. The fourth-order valence-electron chi connectivity index (χ4n) is 4.65. The molecule has 1 aliphatic rings. The number of carbonyl (C=O) groups excluding carboxylic acids is 1. The zero-order valence-electron chi connectivity index (χ0n) is 22.7. The summed E-state index contributed by atoms with van der Waals surface area (Å²) in [6.45, 7) is 7.21. The van der Waals surface area contributed by atoms with Gasteiger partial charge in [-0.3, -0.25) is 9.48 Å². The third kappa shape index (κ3) is 7.81. The average molecular weight is 593 g/mol. The summed E-state index contributed by atoms with van der Waals surface area (Å²) in [6.07, 6.45) is -0.908. The minimum absolute atomic E-state index is 0.0294. The Morgan fingerprint density at radius 2 is 1.85 bits per heavy atom. The molecule has 1 amide bonds. The van der Waals surface area contributed by atoms with Crippen LogP contribution in [-0.4, -0.2) is 60.5 Å². The average Bonchev–Trinajstić information content (AvgIpc) is 3.17. The first-order valence-electron chi connectivity index (χ1n) is 13.0. The summed E-state index contributed by atoms with van der Waals surface area (Å²) in [5.74, 6) is 0.00130. The van der Waals surface area contributed by atoms with Crippen LogP contribution in [0.3, 0.4) is 0 Å². The van der Waals surface area contributed by atoms with Crippen LogP contribution in [0.1, 0.15) is 63.9 Å². The molecule has 0 saturated heterocycles. The topological polar surface area (TPSA) is 102 Å². The highest BCUT2D eigenvalue weighted by Crippen LogP contribution is 2.39. The first-order valence-corrected chi connectivity index (χ1v) is 15.3. The number of rotatable bonds is 10. The van der Waals surface area contributed by atoms with Gasteiger partial charge in [-0.05, 0) is 71.4 Å². The smallest absolute Gasteiger partial charge is 0.408 e. The van der Waals surface area contributed by atoms with Gasteiger partial charge in [-0.15, -0.1) is 0 Å². The number of amides is 1. The van der Waals surface area contributed by atoms with Gasteiger partial charge in [0.25, 0.3) is 5.91 Å². The number of aromatic nitrogens is 2. The zero-order valence-corrected chi connectivity index (χ0v) is 24.3. The van der Waals surface area contributed by atoms with E-state index >= 15 is 0 Å². The maximum Gasteiger partial charge on any atom is 0.408 e. The molecule has 0 radical (unpaired) electrons. The quantitative estimate of drug-likeness (QED) is 0.367. The van der Waals surface area contributed by atoms with Gasteiger partial charge < -0.3 is 15.4 Å². The van der Waals surface area contributed by atoms with Crippen molar-refractivity contribution in [3.63, 3.8) is 0 Å². The number of alkyl halides is 3. The molecule has 0 bridgehead atoms. The van der Waals surface area contributed by atoms with Crippen molar-refractivity contribution in [2.75, 3.05) is 18.1 Å². The van der Waals surface area contributed by atoms with Gasteiger partial charge in [0.05, 0.1) is 22.1 Å². The number of nitrogens with zero attached hydrogens (tertiary/aromatic N) is 2. The third-order valence-corrected chi connectivity index (χ3v) is 8.87. The molecule has 8 nitrogen and oxygen atoms in total. The largest absolute Gasteiger partial charge is 0.490 e. The Morgan fingerprint density at radius 3 is 2.38 bits per heavy atom. The van der Waals surface area contributed by atoms with Gasteiger partial charge in [-0.2, -0.15) is 18.3 Å². The number of benzene rings is 1. The molecule has 1 atom stereocenters. The van der Waals surface area contributed by atoms with Crippen molar-refractivity contribution in [2.45, 2.75) is 83.5 Å². The second-order valence-corrected chi connectivity index (χ2v) is 13.0. The van der Waals surface area contributed by atoms with Gasteiger partial charge in [0, 0.05) is 36.7 Å². The maximum absolute atomic E-state index is 13.1. The predicted octanol–water partition coefficient (Wildman–Crippen LogP) is 5.71. The van der Waals surface area contributed by atoms with E-state index in [4.69, 9.17) is 16.3 Å². The Bertz CT molecular complexity index is 1270. The fraction of sp³-hybridized carbons (Fsp3) is 0.615. The number of anilines is 1. The van der Waals surface area contributed by atoms with E-state index in [1.54, 1.807) is 24.6 Å². The Labute approximate surface area is 232 Å². The first kappa shape index (κ1) is 31.1. The highest BCUT2D eigenvalue weighted by Gasteiger charge is 2.36. The van der Waals surface area contributed by atoms with Crippen LogP contribution in [0, 0.1) is 5.92 Å². The van der Waals surface area contributed by atoms with Crippen molar-refractivity contribution in [2.24, 2.45) is 5.92 Å². The molecule has 1 fully saturated rings. The molecule has 13 heteroatoms. The Morgan fingerprint density at radius 1 is 1.21 bits per heavy atom. The first-order chi connectivity index (χ1) is 18.1. The molecular formula is C26H36ClF3N4O4S. The van der Waals surface area contributed by atoms with E-state index in [2.05, 4.69) is 15.7 Å². The van der Waals surface area contributed by atoms with E-state index in [0.29, 0.717) is 55.8 Å². The summed E-state index contributed by atoms with van der Waals surface area (Å²) in [5, 5.41) is 9.50. The zero-order chi connectivity index (χ0) is 29.1. The number of aryl methyl sites for hydroxylation is 1. The summed E-state index contributed by atoms with van der Waals surface area (Å²) in [5.41, 5.74) is 1.17. The van der Waals surface area contributed by atoms with Crippen LogP contribution in [-0.2, 0) is 16.4 Å². The SMILES string of the molecule is CCn1nc(C(=O)NCC2CCC(S(C)(=O)=O)CC2)c(Cl)c1-c1ccc(N[C@H](C)C(F)(F)F)cc1OC(C)C. The van der Waals surface area contributed by atoms with Crippen LogP contribution in [0.5, 0.6) is 5.75 Å². The van der Waals surface area contributed by atoms with Crippen molar-refractivity contribution in [1.29, 1.82) is 0 Å². The van der Waals surface area contributed by atoms with Crippen LogP contribution in [0.2, 0.25) is 5.02 Å². The van der Waals surface area contributed by atoms with E-state index in [1.165, 1.54) is 18.4 Å². The number of carbonyl (C=O) groups is 1. The molecule has 0 spiro atoms. The predicted molar refractivity (Wildman–Crippen MR) is 146 cm³/mol. The molecular weight excluding hydrogens is 557 g/mol. The second kappa shape index (κ2) is 12.4. The summed E-state index contributed by atoms with van der Waals surface area (Å²) in [6, 6.07) is 2.81. The van der Waals surface area contributed by atoms with Gasteiger partial charge >= 0.3 is 6.18 Å². The fourth-order valence-corrected chi connectivity index (χ4v) is 6.10. The van der Waals surface area contributed by atoms with Crippen molar-refractivity contribution >= 4 is 33.0 Å². The van der Waals surface area contributed by atoms with Crippen molar-refractivity contribution in [1.82, 2.24) is 15.1 Å². The van der Waals surface area contributed by atoms with Gasteiger partial charge in [0.2, 0.25) is 0 Å². The van der Waals surface area contributed by atoms with Crippen LogP contribution >= 0.6 is 11.6 Å². The molecule has 1 aromatic heterocycles. The lowest BCUT2D eigenvalue weighted by Gasteiger charge is -2.27. The van der Waals surface area contributed by atoms with Crippen LogP contribution in [0.15, 0.2) is 18.2 Å². The number of halogens is 4. The monoisotopic (exact) mass is 592 g/mol. The second-order valence-electron chi connectivity index (χ2n) is 10.3. The molecule has 218 valence electrons. The van der Waals surface area contributed by atoms with Crippen LogP contribution in [0.25, 0.3) is 11.3 Å². The molecule has 2 aromatic rings. The standard InChI is InChI=1S/C26H36ClF3N4O4S/c1-6-34-24(20-12-9-18(13-21(20)38-15(2)3)32-16(4)26(28,29)30)22(27)23(33-34)25(35)31-14-17-7-10-19(11-8-17)39(5,36)37/h9,12-13,15-17,19,32H,6-8,10-11,14H2,1-5H3,(H,31,35)/t16-,17?,19?/m1/s1. The van der Waals surface area contributed by atoms with E-state index in [0.717, 1.165) is 6.92 Å². The van der Waals surface area contributed by atoms with E-state index in [-0.39, 0.29) is 33.7 Å². The number of hydrogen-bond acceptors (Lipinski definition) is 6. The maximum atomic E-state index is 13.1. The van der Waals surface area contributed by atoms with Crippen molar-refractivity contribution in [3.8, 4) is 17.0 Å². The lowest BCUT2D eigenvalue weighted by atomic mass is 9.89. The molecule has 0 unspecified atom stereocenters. The number of nitrogens with one attached hydrogen (secondary N) is 2. The molecule has 2 N–H and O–H groups in total. The summed E-state index contributed by atoms with van der Waals surface area (Å²) in [7, 11) is -3.07. The van der Waals surface area contributed by atoms with Gasteiger partial charge in [0.15, 0.2) is 5.69 Å². The number of sulfone groups is 1. The molecule has 1 aromatic carbocycles. The number of hydrogen-bond donors (Lipinski definition) is 2. The Kier molecular flexibility index (Phi) is 9.85. The normalized spacial score (nSPS) is 19.1. The van der Waals surface area contributed by atoms with E-state index in [9.17, 15) is 26.4 Å². The highest BCUT2D eigenvalue weighted by atomic mass is 35.5. The van der Waals surface area contributed by atoms with Crippen LogP contribution in [0.4, 0.5) is 18.9 Å². The van der Waals surface area contributed by atoms with Crippen molar-refractivity contribution in [3.05, 3.63) is 28.9 Å². The van der Waals surface area contributed by atoms with E-state index < -0.39 is 28.0 Å². The molecule has 39 heavy (non-hydrogen) atoms. The summed E-state index contributed by atoms with van der Waals surface area (Å²) >= 11 is 6.69. The van der Waals surface area contributed by atoms with Crippen LogP contribution < -0.4 is 15.4 Å². The Hall–Kier alpha value is -2.47. The molecule has 0 aliphatic heterocycles.